The van der Waals surface area contributed by atoms with Gasteiger partial charge in [0.15, 0.2) is 6.29 Å². The summed E-state index contributed by atoms with van der Waals surface area (Å²) in [4.78, 5) is 9.19. The molecule has 11 heteroatoms. The third-order valence-corrected chi connectivity index (χ3v) is 3.45. The lowest BCUT2D eigenvalue weighted by Crippen LogP contribution is -2.58. The number of aliphatic hydroxyl groups is 4. The molecule has 1 saturated heterocycles. The Morgan fingerprint density at radius 3 is 2.32 bits per heavy atom. The van der Waals surface area contributed by atoms with E-state index in [0.717, 1.165) is 0 Å². The van der Waals surface area contributed by atoms with Gasteiger partial charge in [0, 0.05) is 6.54 Å². The monoisotopic (exact) mass is 303 g/mol. The van der Waals surface area contributed by atoms with E-state index in [4.69, 9.17) is 10.5 Å². The zero-order valence-electron chi connectivity index (χ0n) is 9.90. The highest BCUT2D eigenvalue weighted by molar-refractivity contribution is 7.47. The van der Waals surface area contributed by atoms with Crippen LogP contribution in [0.5, 0.6) is 0 Å². The molecule has 19 heavy (non-hydrogen) atoms. The maximum absolute atomic E-state index is 11.3. The Balaban J connectivity index is 2.50. The summed E-state index contributed by atoms with van der Waals surface area (Å²) in [7, 11) is -4.35. The van der Waals surface area contributed by atoms with E-state index < -0.39 is 45.1 Å². The summed E-state index contributed by atoms with van der Waals surface area (Å²) in [6.45, 7) is -0.813. The van der Waals surface area contributed by atoms with Gasteiger partial charge >= 0.3 is 7.82 Å². The van der Waals surface area contributed by atoms with E-state index in [2.05, 4.69) is 9.05 Å². The van der Waals surface area contributed by atoms with Crippen LogP contribution < -0.4 is 5.73 Å². The molecule has 0 aromatic heterocycles. The van der Waals surface area contributed by atoms with Crippen LogP contribution in [0.3, 0.4) is 0 Å². The van der Waals surface area contributed by atoms with Gasteiger partial charge in [-0.05, 0) is 0 Å². The van der Waals surface area contributed by atoms with E-state index in [0.29, 0.717) is 0 Å². The standard InChI is InChI=1S/C8H18NO9P/c9-1-2-16-19(14,15)17-3-4-5(10)6(11)7(12)8(13)18-4/h4-8,10-13H,1-3,9H2,(H,14,15)/t4-,5-,6+,7-,8-/m1/s1. The van der Waals surface area contributed by atoms with Gasteiger partial charge in [0.1, 0.15) is 24.4 Å². The molecular formula is C8H18NO9P. The van der Waals surface area contributed by atoms with Crippen LogP contribution in [-0.2, 0) is 18.3 Å². The predicted octanol–water partition coefficient (Wildman–Crippen LogP) is -3.12. The lowest BCUT2D eigenvalue weighted by molar-refractivity contribution is -0.285. The summed E-state index contributed by atoms with van der Waals surface area (Å²) < 4.78 is 25.0. The van der Waals surface area contributed by atoms with Crippen molar-refractivity contribution in [2.75, 3.05) is 19.8 Å². The van der Waals surface area contributed by atoms with Gasteiger partial charge in [0.2, 0.25) is 0 Å². The van der Waals surface area contributed by atoms with Crippen LogP contribution in [0.25, 0.3) is 0 Å². The molecule has 1 heterocycles. The summed E-state index contributed by atoms with van der Waals surface area (Å²) in [6, 6.07) is 0. The fourth-order valence-corrected chi connectivity index (χ4v) is 2.19. The lowest BCUT2D eigenvalue weighted by atomic mass is 10.00. The molecule has 0 spiro atoms. The molecule has 6 atom stereocenters. The number of hydrogen-bond acceptors (Lipinski definition) is 9. The zero-order valence-corrected chi connectivity index (χ0v) is 10.8. The van der Waals surface area contributed by atoms with Crippen LogP contribution in [0.4, 0.5) is 0 Å². The molecule has 1 fully saturated rings. The van der Waals surface area contributed by atoms with Crippen molar-refractivity contribution in [2.24, 2.45) is 5.73 Å². The Morgan fingerprint density at radius 1 is 1.11 bits per heavy atom. The number of aliphatic hydroxyl groups excluding tert-OH is 4. The Labute approximate surface area is 108 Å². The van der Waals surface area contributed by atoms with Crippen molar-refractivity contribution in [1.82, 2.24) is 0 Å². The number of ether oxygens (including phenoxy) is 1. The first-order valence-corrected chi connectivity index (χ1v) is 6.97. The summed E-state index contributed by atoms with van der Waals surface area (Å²) in [6.07, 6.45) is -7.97. The van der Waals surface area contributed by atoms with Crippen molar-refractivity contribution in [3.8, 4) is 0 Å². The summed E-state index contributed by atoms with van der Waals surface area (Å²) in [5, 5.41) is 37.4. The molecule has 0 aliphatic carbocycles. The normalized spacial score (nSPS) is 38.9. The van der Waals surface area contributed by atoms with Crippen molar-refractivity contribution in [2.45, 2.75) is 30.7 Å². The van der Waals surface area contributed by atoms with E-state index in [1.54, 1.807) is 0 Å². The number of hydrogen-bond donors (Lipinski definition) is 6. The van der Waals surface area contributed by atoms with Crippen LogP contribution in [0, 0.1) is 0 Å². The molecule has 1 aliphatic rings. The van der Waals surface area contributed by atoms with Crippen molar-refractivity contribution in [1.29, 1.82) is 0 Å². The van der Waals surface area contributed by atoms with Crippen LogP contribution in [-0.4, -0.2) is 75.8 Å². The first-order valence-electron chi connectivity index (χ1n) is 5.48. The first-order chi connectivity index (χ1) is 8.78. The van der Waals surface area contributed by atoms with E-state index >= 15 is 0 Å². The van der Waals surface area contributed by atoms with Gasteiger partial charge in [-0.25, -0.2) is 4.57 Å². The highest BCUT2D eigenvalue weighted by Crippen LogP contribution is 2.43. The Morgan fingerprint density at radius 2 is 1.74 bits per heavy atom. The predicted molar refractivity (Wildman–Crippen MR) is 59.7 cm³/mol. The van der Waals surface area contributed by atoms with Crippen LogP contribution >= 0.6 is 7.82 Å². The molecule has 1 aliphatic heterocycles. The van der Waals surface area contributed by atoms with Crippen LogP contribution in [0.2, 0.25) is 0 Å². The second-order valence-electron chi connectivity index (χ2n) is 3.92. The van der Waals surface area contributed by atoms with Crippen molar-refractivity contribution in [3.63, 3.8) is 0 Å². The lowest BCUT2D eigenvalue weighted by Gasteiger charge is -2.38. The van der Waals surface area contributed by atoms with Gasteiger partial charge in [-0.3, -0.25) is 9.05 Å². The van der Waals surface area contributed by atoms with Gasteiger partial charge < -0.3 is 35.8 Å². The van der Waals surface area contributed by atoms with E-state index in [-0.39, 0.29) is 13.2 Å². The molecule has 0 saturated carbocycles. The molecule has 0 aromatic rings. The smallest absolute Gasteiger partial charge is 0.387 e. The number of phosphoric ester groups is 1. The van der Waals surface area contributed by atoms with E-state index in [1.165, 1.54) is 0 Å². The number of nitrogens with two attached hydrogens (primary N) is 1. The van der Waals surface area contributed by atoms with Crippen molar-refractivity contribution in [3.05, 3.63) is 0 Å². The molecular weight excluding hydrogens is 285 g/mol. The van der Waals surface area contributed by atoms with Crippen LogP contribution in [0.1, 0.15) is 0 Å². The summed E-state index contributed by atoms with van der Waals surface area (Å²) in [5.41, 5.74) is 5.08. The average Bonchev–Trinajstić information content (AvgIpc) is 2.37. The number of rotatable bonds is 6. The van der Waals surface area contributed by atoms with Gasteiger partial charge in [0.05, 0.1) is 13.2 Å². The maximum Gasteiger partial charge on any atom is 0.472 e. The molecule has 1 rings (SSSR count). The molecule has 0 radical (unpaired) electrons. The maximum atomic E-state index is 11.3. The zero-order chi connectivity index (χ0) is 14.6. The molecule has 7 N–H and O–H groups in total. The Bertz CT molecular complexity index is 329. The van der Waals surface area contributed by atoms with Gasteiger partial charge in [0.25, 0.3) is 0 Å². The minimum absolute atomic E-state index is 0.0140. The minimum atomic E-state index is -4.35. The number of phosphoric acid groups is 1. The molecule has 0 bridgehead atoms. The Hall–Kier alpha value is -0.130. The summed E-state index contributed by atoms with van der Waals surface area (Å²) in [5.74, 6) is 0. The van der Waals surface area contributed by atoms with Gasteiger partial charge in [-0.2, -0.15) is 0 Å². The average molecular weight is 303 g/mol. The second-order valence-corrected chi connectivity index (χ2v) is 5.38. The van der Waals surface area contributed by atoms with Gasteiger partial charge in [-0.1, -0.05) is 0 Å². The Kier molecular flexibility index (Phi) is 6.27. The molecule has 114 valence electrons. The third-order valence-electron chi connectivity index (χ3n) is 2.46. The quantitative estimate of drug-likeness (QED) is 0.276. The highest BCUT2D eigenvalue weighted by atomic mass is 31.2. The third kappa shape index (κ3) is 4.72. The first kappa shape index (κ1) is 16.9. The fourth-order valence-electron chi connectivity index (χ4n) is 1.44. The SMILES string of the molecule is NCCOP(=O)(O)OC[C@H]1O[C@@H](O)[C@H](O)[C@@H](O)[C@@H]1O. The topological polar surface area (TPSA) is 172 Å². The highest BCUT2D eigenvalue weighted by Gasteiger charge is 2.43. The molecule has 0 amide bonds. The van der Waals surface area contributed by atoms with Crippen molar-refractivity contribution < 1.29 is 43.7 Å². The van der Waals surface area contributed by atoms with E-state index in [9.17, 15) is 29.9 Å². The second kappa shape index (κ2) is 7.04. The minimum Gasteiger partial charge on any atom is -0.387 e. The molecule has 1 unspecified atom stereocenters. The van der Waals surface area contributed by atoms with Crippen molar-refractivity contribution >= 4 is 7.82 Å². The van der Waals surface area contributed by atoms with Gasteiger partial charge in [-0.15, -0.1) is 0 Å². The largest absolute Gasteiger partial charge is 0.472 e. The van der Waals surface area contributed by atoms with Crippen LogP contribution in [0.15, 0.2) is 0 Å². The molecule has 0 aromatic carbocycles. The summed E-state index contributed by atoms with van der Waals surface area (Å²) >= 11 is 0. The van der Waals surface area contributed by atoms with E-state index in [1.807, 2.05) is 0 Å². The molecule has 10 nitrogen and oxygen atoms in total. The fraction of sp³-hybridized carbons (Fsp3) is 1.00.